The highest BCUT2D eigenvalue weighted by molar-refractivity contribution is 5.72. The third-order valence-electron chi connectivity index (χ3n) is 6.12. The summed E-state index contributed by atoms with van der Waals surface area (Å²) in [7, 11) is 1.42. The second-order valence-corrected chi connectivity index (χ2v) is 8.35. The molecule has 0 saturated carbocycles. The number of carboxylic acids is 1. The van der Waals surface area contributed by atoms with E-state index in [2.05, 4.69) is 47.8 Å². The minimum absolute atomic E-state index is 0.335. The molecule has 1 aliphatic carbocycles. The lowest BCUT2D eigenvalue weighted by Gasteiger charge is -2.19. The highest BCUT2D eigenvalue weighted by Gasteiger charge is 2.16. The molecule has 4 rings (SSSR count). The van der Waals surface area contributed by atoms with Crippen LogP contribution in [0.4, 0.5) is 0 Å². The van der Waals surface area contributed by atoms with E-state index < -0.39 is 12.1 Å². The van der Waals surface area contributed by atoms with Crippen LogP contribution in [-0.2, 0) is 22.4 Å². The van der Waals surface area contributed by atoms with Gasteiger partial charge in [-0.3, -0.25) is 0 Å². The average molecular weight is 446 g/mol. The maximum atomic E-state index is 11.1. The number of carboxylic acid groups (broad SMARTS) is 1. The van der Waals surface area contributed by atoms with E-state index in [1.165, 1.54) is 34.4 Å². The first-order chi connectivity index (χ1) is 16.2. The molecule has 5 heteroatoms. The molecule has 0 radical (unpaired) electrons. The number of allylic oxidation sites excluding steroid dienone is 4. The third kappa shape index (κ3) is 5.74. The van der Waals surface area contributed by atoms with E-state index in [0.717, 1.165) is 43.5 Å². The lowest BCUT2D eigenvalue weighted by Crippen LogP contribution is -2.35. The van der Waals surface area contributed by atoms with Crippen LogP contribution in [0.3, 0.4) is 0 Å². The summed E-state index contributed by atoms with van der Waals surface area (Å²) in [6, 6.07) is 14.2. The molecule has 2 aromatic rings. The molecular weight excluding hydrogens is 414 g/mol. The van der Waals surface area contributed by atoms with Crippen LogP contribution in [0.2, 0.25) is 0 Å². The Morgan fingerprint density at radius 3 is 2.82 bits per heavy atom. The second kappa shape index (κ2) is 11.0. The van der Waals surface area contributed by atoms with Gasteiger partial charge in [0.15, 0.2) is 6.10 Å². The number of aliphatic carboxylic acids is 1. The quantitative estimate of drug-likeness (QED) is 0.581. The molecule has 1 heterocycles. The first-order valence-electron chi connectivity index (χ1n) is 11.6. The Hall–Kier alpha value is -3.31. The van der Waals surface area contributed by atoms with Crippen molar-refractivity contribution in [2.75, 3.05) is 20.3 Å². The van der Waals surface area contributed by atoms with Crippen molar-refractivity contribution in [3.63, 3.8) is 0 Å². The van der Waals surface area contributed by atoms with Gasteiger partial charge < -0.3 is 19.9 Å². The zero-order valence-corrected chi connectivity index (χ0v) is 19.0. The summed E-state index contributed by atoms with van der Waals surface area (Å²) in [5.74, 6) is -0.161. The van der Waals surface area contributed by atoms with Gasteiger partial charge in [0, 0.05) is 25.8 Å². The van der Waals surface area contributed by atoms with Gasteiger partial charge in [-0.25, -0.2) is 4.79 Å². The van der Waals surface area contributed by atoms with Crippen molar-refractivity contribution < 1.29 is 19.4 Å². The zero-order valence-electron chi connectivity index (χ0n) is 19.0. The Morgan fingerprint density at radius 2 is 2.03 bits per heavy atom. The van der Waals surface area contributed by atoms with Crippen molar-refractivity contribution in [1.82, 2.24) is 5.32 Å². The molecule has 33 heavy (non-hydrogen) atoms. The van der Waals surface area contributed by atoms with Crippen molar-refractivity contribution >= 4 is 17.6 Å². The van der Waals surface area contributed by atoms with Crippen molar-refractivity contribution in [1.29, 1.82) is 0 Å². The number of hydrogen-bond donors (Lipinski definition) is 2. The molecular formula is C28H31NO4. The minimum atomic E-state index is -0.953. The largest absolute Gasteiger partial charge is 0.494 e. The van der Waals surface area contributed by atoms with Gasteiger partial charge in [-0.15, -0.1) is 0 Å². The van der Waals surface area contributed by atoms with E-state index in [1.807, 2.05) is 24.3 Å². The van der Waals surface area contributed by atoms with Crippen molar-refractivity contribution in [2.24, 2.45) is 0 Å². The SMILES string of the molecule is COC(Cc1ccc(OCCCc2cccc3/c2=C2/CC=CC=C2NCC/C=3)cc1)C(=O)O. The number of methoxy groups -OCH3 is 1. The number of fused-ring (bicyclic) bond motifs is 2. The molecule has 0 amide bonds. The average Bonchev–Trinajstić information content (AvgIpc) is 2.82. The van der Waals surface area contributed by atoms with Crippen molar-refractivity contribution in [3.8, 4) is 5.75 Å². The molecule has 2 aliphatic rings. The van der Waals surface area contributed by atoms with Crippen LogP contribution < -0.4 is 20.5 Å². The normalized spacial score (nSPS) is 18.3. The molecule has 172 valence electrons. The molecule has 5 nitrogen and oxygen atoms in total. The fourth-order valence-electron chi connectivity index (χ4n) is 4.42. The number of hydrogen-bond acceptors (Lipinski definition) is 4. The number of benzene rings is 2. The number of ether oxygens (including phenoxy) is 2. The number of aryl methyl sites for hydroxylation is 1. The van der Waals surface area contributed by atoms with Crippen LogP contribution in [0.15, 0.2) is 66.4 Å². The molecule has 2 aromatic carbocycles. The van der Waals surface area contributed by atoms with Gasteiger partial charge in [-0.2, -0.15) is 0 Å². The molecule has 1 unspecified atom stereocenters. The first-order valence-corrected chi connectivity index (χ1v) is 11.6. The predicted octanol–water partition coefficient (Wildman–Crippen LogP) is 3.11. The minimum Gasteiger partial charge on any atom is -0.494 e. The fraction of sp³-hybridized carbons (Fsp3) is 0.321. The van der Waals surface area contributed by atoms with E-state index in [-0.39, 0.29) is 0 Å². The summed E-state index contributed by atoms with van der Waals surface area (Å²) in [5, 5.41) is 15.4. The summed E-state index contributed by atoms with van der Waals surface area (Å²) in [6.45, 7) is 1.58. The van der Waals surface area contributed by atoms with Gasteiger partial charge in [0.25, 0.3) is 0 Å². The topological polar surface area (TPSA) is 67.8 Å². The lowest BCUT2D eigenvalue weighted by atomic mass is 9.94. The van der Waals surface area contributed by atoms with Gasteiger partial charge >= 0.3 is 5.97 Å². The molecule has 0 fully saturated rings. The third-order valence-corrected chi connectivity index (χ3v) is 6.12. The Balaban J connectivity index is 1.41. The van der Waals surface area contributed by atoms with Crippen molar-refractivity contribution in [2.45, 2.75) is 38.2 Å². The standard InChI is InChI=1S/C28H31NO4/c1-32-26(28(30)31)19-20-13-15-23(16-14-20)33-18-6-10-22-8-4-7-21-9-5-17-29-25-12-3-2-11-24(25)27(21)22/h2-4,7-9,12-16,26,29H,5-6,10-11,17-19H2,1H3,(H,30,31)/b21-9+,27-24+. The Bertz CT molecular complexity index is 1160. The van der Waals surface area contributed by atoms with Gasteiger partial charge in [0.05, 0.1) is 6.61 Å². The van der Waals surface area contributed by atoms with E-state index in [0.29, 0.717) is 13.0 Å². The predicted molar refractivity (Wildman–Crippen MR) is 130 cm³/mol. The van der Waals surface area contributed by atoms with Crippen molar-refractivity contribution in [3.05, 3.63) is 88.0 Å². The molecule has 1 aliphatic heterocycles. The van der Waals surface area contributed by atoms with E-state index in [9.17, 15) is 4.79 Å². The smallest absolute Gasteiger partial charge is 0.333 e. The summed E-state index contributed by atoms with van der Waals surface area (Å²) >= 11 is 0. The highest BCUT2D eigenvalue weighted by Crippen LogP contribution is 2.19. The van der Waals surface area contributed by atoms with Gasteiger partial charge in [0.2, 0.25) is 0 Å². The summed E-state index contributed by atoms with van der Waals surface area (Å²) < 4.78 is 11.0. The van der Waals surface area contributed by atoms with Crippen LogP contribution in [0.25, 0.3) is 11.6 Å². The van der Waals surface area contributed by atoms with Gasteiger partial charge in [-0.1, -0.05) is 48.6 Å². The summed E-state index contributed by atoms with van der Waals surface area (Å²) in [4.78, 5) is 11.1. The summed E-state index contributed by atoms with van der Waals surface area (Å²) in [6.07, 6.45) is 12.2. The monoisotopic (exact) mass is 445 g/mol. The number of nitrogens with one attached hydrogen (secondary N) is 1. The van der Waals surface area contributed by atoms with Crippen LogP contribution in [0.5, 0.6) is 5.75 Å². The molecule has 1 atom stereocenters. The zero-order chi connectivity index (χ0) is 23.0. The summed E-state index contributed by atoms with van der Waals surface area (Å²) in [5.41, 5.74) is 4.90. The van der Waals surface area contributed by atoms with Gasteiger partial charge in [-0.05, 0) is 71.0 Å². The maximum absolute atomic E-state index is 11.1. The molecule has 0 saturated heterocycles. The molecule has 0 aromatic heterocycles. The first kappa shape index (κ1) is 22.9. The Labute approximate surface area is 194 Å². The van der Waals surface area contributed by atoms with E-state index >= 15 is 0 Å². The van der Waals surface area contributed by atoms with Crippen LogP contribution in [0.1, 0.15) is 30.4 Å². The highest BCUT2D eigenvalue weighted by atomic mass is 16.5. The molecule has 0 spiro atoms. The van der Waals surface area contributed by atoms with Crippen LogP contribution in [-0.4, -0.2) is 37.4 Å². The second-order valence-electron chi connectivity index (χ2n) is 8.35. The molecule has 0 bridgehead atoms. The maximum Gasteiger partial charge on any atom is 0.333 e. The number of rotatable bonds is 9. The Kier molecular flexibility index (Phi) is 7.63. The van der Waals surface area contributed by atoms with Gasteiger partial charge in [0.1, 0.15) is 5.75 Å². The lowest BCUT2D eigenvalue weighted by molar-refractivity contribution is -0.148. The van der Waals surface area contributed by atoms with E-state index in [1.54, 1.807) is 0 Å². The Morgan fingerprint density at radius 1 is 1.18 bits per heavy atom. The van der Waals surface area contributed by atoms with Crippen LogP contribution >= 0.6 is 0 Å². The fourth-order valence-corrected chi connectivity index (χ4v) is 4.42. The van der Waals surface area contributed by atoms with E-state index in [4.69, 9.17) is 14.6 Å². The molecule has 2 N–H and O–H groups in total. The van der Waals surface area contributed by atoms with Crippen LogP contribution in [0, 0.1) is 0 Å². The number of carbonyl (C=O) groups is 1.